The Morgan fingerprint density at radius 3 is 1.94 bits per heavy atom. The van der Waals surface area contributed by atoms with Crippen LogP contribution in [0, 0.1) is 0 Å². The molecule has 0 aromatic rings. The number of rotatable bonds is 7. The number of carbonyl (C=O) groups is 5. The van der Waals surface area contributed by atoms with Gasteiger partial charge in [-0.1, -0.05) is 19.3 Å². The minimum Gasteiger partial charge on any atom is -0.463 e. The maximum absolute atomic E-state index is 12.7. The van der Waals surface area contributed by atoms with Gasteiger partial charge in [-0.3, -0.25) is 19.2 Å². The fraction of sp³-hybridized carbons (Fsp3) is 0.762. The Balaban J connectivity index is 2.29. The van der Waals surface area contributed by atoms with Gasteiger partial charge in [0.15, 0.2) is 18.4 Å². The Morgan fingerprint density at radius 1 is 0.788 bits per heavy atom. The highest BCUT2D eigenvalue weighted by molar-refractivity contribution is 5.76. The van der Waals surface area contributed by atoms with Crippen molar-refractivity contribution >= 4 is 29.8 Å². The van der Waals surface area contributed by atoms with Gasteiger partial charge in [0.25, 0.3) is 0 Å². The second-order valence-corrected chi connectivity index (χ2v) is 8.22. The molecule has 2 aliphatic rings. The molecule has 0 unspecified atom stereocenters. The summed E-state index contributed by atoms with van der Waals surface area (Å²) in [6.07, 6.45) is 0.190. The summed E-state index contributed by atoms with van der Waals surface area (Å²) >= 11 is 0. The van der Waals surface area contributed by atoms with Crippen LogP contribution in [0.4, 0.5) is 4.79 Å². The maximum atomic E-state index is 12.7. The molecule has 1 heterocycles. The van der Waals surface area contributed by atoms with Gasteiger partial charge in [0.1, 0.15) is 18.8 Å². The van der Waals surface area contributed by atoms with Crippen LogP contribution in [0.2, 0.25) is 0 Å². The molecule has 33 heavy (non-hydrogen) atoms. The summed E-state index contributed by atoms with van der Waals surface area (Å²) in [7, 11) is 0. The van der Waals surface area contributed by atoms with E-state index in [2.05, 4.69) is 16.0 Å². The van der Waals surface area contributed by atoms with Gasteiger partial charge in [0, 0.05) is 33.7 Å². The molecule has 1 saturated heterocycles. The van der Waals surface area contributed by atoms with E-state index >= 15 is 0 Å². The molecule has 0 radical (unpaired) electrons. The van der Waals surface area contributed by atoms with Crippen molar-refractivity contribution in [2.75, 3.05) is 6.61 Å². The fourth-order valence-corrected chi connectivity index (χ4v) is 4.06. The number of urea groups is 1. The van der Waals surface area contributed by atoms with Crippen LogP contribution in [-0.4, -0.2) is 73.1 Å². The van der Waals surface area contributed by atoms with E-state index < -0.39 is 60.4 Å². The summed E-state index contributed by atoms with van der Waals surface area (Å²) in [5.74, 6) is -2.49. The van der Waals surface area contributed by atoms with Crippen LogP contribution >= 0.6 is 0 Å². The van der Waals surface area contributed by atoms with Crippen LogP contribution in [0.1, 0.15) is 59.8 Å². The molecule has 0 aromatic heterocycles. The van der Waals surface area contributed by atoms with Crippen molar-refractivity contribution in [3.63, 3.8) is 0 Å². The molecule has 1 aliphatic heterocycles. The Hall–Kier alpha value is -2.89. The number of hydrogen-bond acceptors (Lipinski definition) is 9. The van der Waals surface area contributed by atoms with E-state index in [-0.39, 0.29) is 12.6 Å². The van der Waals surface area contributed by atoms with Crippen molar-refractivity contribution in [1.29, 1.82) is 0 Å². The van der Waals surface area contributed by atoms with Gasteiger partial charge in [-0.15, -0.1) is 0 Å². The largest absolute Gasteiger partial charge is 0.463 e. The molecular formula is C21H33N3O9. The third-order valence-electron chi connectivity index (χ3n) is 5.33. The van der Waals surface area contributed by atoms with Crippen LogP contribution < -0.4 is 16.0 Å². The summed E-state index contributed by atoms with van der Waals surface area (Å²) < 4.78 is 21.6. The van der Waals surface area contributed by atoms with E-state index in [4.69, 9.17) is 18.9 Å². The quantitative estimate of drug-likeness (QED) is 0.350. The zero-order chi connectivity index (χ0) is 24.5. The molecule has 5 atom stereocenters. The van der Waals surface area contributed by atoms with Crippen molar-refractivity contribution in [3.8, 4) is 0 Å². The zero-order valence-corrected chi connectivity index (χ0v) is 19.4. The third-order valence-corrected chi connectivity index (χ3v) is 5.33. The lowest BCUT2D eigenvalue weighted by molar-refractivity contribution is -0.226. The van der Waals surface area contributed by atoms with Crippen LogP contribution in [0.15, 0.2) is 0 Å². The molecular weight excluding hydrogens is 438 g/mol. The summed E-state index contributed by atoms with van der Waals surface area (Å²) in [5.41, 5.74) is 0. The third kappa shape index (κ3) is 8.52. The number of hydrogen-bond donors (Lipinski definition) is 3. The highest BCUT2D eigenvalue weighted by atomic mass is 16.6. The summed E-state index contributed by atoms with van der Waals surface area (Å²) in [4.78, 5) is 59.5. The summed E-state index contributed by atoms with van der Waals surface area (Å²) in [5, 5.41) is 8.14. The summed E-state index contributed by atoms with van der Waals surface area (Å²) in [6, 6.07) is -1.60. The smallest absolute Gasteiger partial charge is 0.317 e. The average molecular weight is 472 g/mol. The Morgan fingerprint density at radius 2 is 1.39 bits per heavy atom. The van der Waals surface area contributed by atoms with E-state index in [1.807, 2.05) is 0 Å². The number of nitrogens with one attached hydrogen (secondary N) is 3. The molecule has 0 bridgehead atoms. The molecule has 0 aromatic carbocycles. The van der Waals surface area contributed by atoms with Crippen LogP contribution in [0.5, 0.6) is 0 Å². The van der Waals surface area contributed by atoms with E-state index in [1.54, 1.807) is 0 Å². The lowest BCUT2D eigenvalue weighted by atomic mass is 9.94. The molecule has 186 valence electrons. The lowest BCUT2D eigenvalue weighted by Crippen LogP contribution is -2.70. The Kier molecular flexibility index (Phi) is 9.89. The topological polar surface area (TPSA) is 158 Å². The average Bonchev–Trinajstić information content (AvgIpc) is 2.70. The van der Waals surface area contributed by atoms with Crippen molar-refractivity contribution in [3.05, 3.63) is 0 Å². The minimum absolute atomic E-state index is 0.0106. The Labute approximate surface area is 192 Å². The predicted octanol–water partition coefficient (Wildman–Crippen LogP) is 0.274. The van der Waals surface area contributed by atoms with E-state index in [9.17, 15) is 24.0 Å². The lowest BCUT2D eigenvalue weighted by Gasteiger charge is -2.45. The molecule has 1 saturated carbocycles. The number of amides is 3. The minimum atomic E-state index is -1.22. The first-order valence-electron chi connectivity index (χ1n) is 11.0. The molecule has 3 N–H and O–H groups in total. The molecule has 2 fully saturated rings. The van der Waals surface area contributed by atoms with Gasteiger partial charge in [0.2, 0.25) is 5.91 Å². The van der Waals surface area contributed by atoms with E-state index in [0.29, 0.717) is 0 Å². The van der Waals surface area contributed by atoms with E-state index in [0.717, 1.165) is 46.0 Å². The number of carbonyl (C=O) groups excluding carboxylic acids is 5. The highest BCUT2D eigenvalue weighted by Crippen LogP contribution is 2.26. The normalized spacial score (nSPS) is 27.6. The number of esters is 3. The standard InChI is InChI=1S/C21H33N3O9/c1-11(25)22-17-19(32-14(4)28)18(31-13(3)27)16(10-30-12(2)26)33-20(17)24-21(29)23-15-8-6-5-7-9-15/h15-20H,5-10H2,1-4H3,(H,22,25)(H2,23,24,29)/t16-,17-,18-,19-,20-/m1/s1. The Bertz CT molecular complexity index is 738. The first kappa shape index (κ1) is 26.4. The van der Waals surface area contributed by atoms with Crippen molar-refractivity contribution in [1.82, 2.24) is 16.0 Å². The van der Waals surface area contributed by atoms with Gasteiger partial charge in [0.05, 0.1) is 0 Å². The maximum Gasteiger partial charge on any atom is 0.317 e. The van der Waals surface area contributed by atoms with Crippen LogP contribution in [0.3, 0.4) is 0 Å². The van der Waals surface area contributed by atoms with Crippen molar-refractivity contribution < 1.29 is 42.9 Å². The van der Waals surface area contributed by atoms with Crippen LogP contribution in [0.25, 0.3) is 0 Å². The molecule has 12 nitrogen and oxygen atoms in total. The first-order valence-corrected chi connectivity index (χ1v) is 11.0. The number of ether oxygens (including phenoxy) is 4. The summed E-state index contributed by atoms with van der Waals surface area (Å²) in [6.45, 7) is 4.42. The van der Waals surface area contributed by atoms with Gasteiger partial charge >= 0.3 is 23.9 Å². The first-order chi connectivity index (χ1) is 15.6. The predicted molar refractivity (Wildman–Crippen MR) is 113 cm³/mol. The second-order valence-electron chi connectivity index (χ2n) is 8.22. The van der Waals surface area contributed by atoms with Gasteiger partial charge in [-0.05, 0) is 12.8 Å². The molecule has 1 aliphatic carbocycles. The van der Waals surface area contributed by atoms with Gasteiger partial charge < -0.3 is 34.9 Å². The molecule has 12 heteroatoms. The van der Waals surface area contributed by atoms with Crippen molar-refractivity contribution in [2.45, 2.75) is 96.4 Å². The molecule has 2 rings (SSSR count). The SMILES string of the molecule is CC(=O)N[C@@H]1[C@@H](OC(C)=O)[C@H](OC(C)=O)[C@@H](COC(C)=O)O[C@H]1NC(=O)NC1CCCCC1. The molecule has 3 amide bonds. The van der Waals surface area contributed by atoms with Gasteiger partial charge in [-0.2, -0.15) is 0 Å². The fourth-order valence-electron chi connectivity index (χ4n) is 4.06. The second kappa shape index (κ2) is 12.4. The van der Waals surface area contributed by atoms with E-state index in [1.165, 1.54) is 13.8 Å². The zero-order valence-electron chi connectivity index (χ0n) is 19.4. The highest BCUT2D eigenvalue weighted by Gasteiger charge is 2.51. The molecule has 0 spiro atoms. The van der Waals surface area contributed by atoms with Gasteiger partial charge in [-0.25, -0.2) is 4.79 Å². The van der Waals surface area contributed by atoms with Crippen LogP contribution in [-0.2, 0) is 38.1 Å². The monoisotopic (exact) mass is 471 g/mol. The van der Waals surface area contributed by atoms with Crippen molar-refractivity contribution in [2.24, 2.45) is 0 Å².